The van der Waals surface area contributed by atoms with Gasteiger partial charge in [-0.3, -0.25) is 4.79 Å². The maximum absolute atomic E-state index is 10.4. The third-order valence-electron chi connectivity index (χ3n) is 1.87. The van der Waals surface area contributed by atoms with Crippen LogP contribution in [-0.2, 0) is 4.79 Å². The minimum absolute atomic E-state index is 0.307. The van der Waals surface area contributed by atoms with Crippen molar-refractivity contribution < 1.29 is 9.53 Å². The first-order valence-electron chi connectivity index (χ1n) is 4.57. The predicted octanol–water partition coefficient (Wildman–Crippen LogP) is 2.92. The molecule has 0 aliphatic heterocycles. The zero-order valence-electron chi connectivity index (χ0n) is 8.13. The standard InChI is InChI=1S/C11H13ClO2/c1-9-5-2-3-6-10(9)14-8-4-7-11(12)13/h2-3,5-6H,4,7-8H2,1H3. The van der Waals surface area contributed by atoms with Gasteiger partial charge in [-0.2, -0.15) is 0 Å². The number of aryl methyl sites for hydroxylation is 1. The van der Waals surface area contributed by atoms with E-state index in [4.69, 9.17) is 16.3 Å². The number of hydrogen-bond acceptors (Lipinski definition) is 2. The van der Waals surface area contributed by atoms with Crippen molar-refractivity contribution in [1.29, 1.82) is 0 Å². The fraction of sp³-hybridized carbons (Fsp3) is 0.364. The van der Waals surface area contributed by atoms with Gasteiger partial charge in [-0.15, -0.1) is 0 Å². The number of para-hydroxylation sites is 1. The minimum Gasteiger partial charge on any atom is -0.493 e. The first kappa shape index (κ1) is 11.1. The van der Waals surface area contributed by atoms with Crippen LogP contribution in [0.3, 0.4) is 0 Å². The van der Waals surface area contributed by atoms with E-state index in [-0.39, 0.29) is 5.24 Å². The van der Waals surface area contributed by atoms with Crippen molar-refractivity contribution in [3.63, 3.8) is 0 Å². The van der Waals surface area contributed by atoms with Gasteiger partial charge in [0.1, 0.15) is 5.75 Å². The maximum atomic E-state index is 10.4. The lowest BCUT2D eigenvalue weighted by atomic mass is 10.2. The minimum atomic E-state index is -0.307. The van der Waals surface area contributed by atoms with Gasteiger partial charge in [0.15, 0.2) is 0 Å². The summed E-state index contributed by atoms with van der Waals surface area (Å²) >= 11 is 5.20. The van der Waals surface area contributed by atoms with Crippen LogP contribution in [0, 0.1) is 6.92 Å². The Bertz CT molecular complexity index is 310. The van der Waals surface area contributed by atoms with E-state index in [1.54, 1.807) is 0 Å². The van der Waals surface area contributed by atoms with E-state index >= 15 is 0 Å². The molecule has 0 atom stereocenters. The molecule has 0 aromatic heterocycles. The van der Waals surface area contributed by atoms with Gasteiger partial charge < -0.3 is 4.74 Å². The Hall–Kier alpha value is -1.02. The van der Waals surface area contributed by atoms with Crippen LogP contribution in [0.2, 0.25) is 0 Å². The maximum Gasteiger partial charge on any atom is 0.221 e. The summed E-state index contributed by atoms with van der Waals surface area (Å²) in [6.45, 7) is 2.52. The number of carbonyl (C=O) groups is 1. The summed E-state index contributed by atoms with van der Waals surface area (Å²) in [5.74, 6) is 0.870. The van der Waals surface area contributed by atoms with E-state index in [0.717, 1.165) is 11.3 Å². The average Bonchev–Trinajstić information content (AvgIpc) is 2.15. The molecule has 0 aliphatic rings. The molecule has 0 unspecified atom stereocenters. The predicted molar refractivity (Wildman–Crippen MR) is 56.8 cm³/mol. The van der Waals surface area contributed by atoms with Crippen molar-refractivity contribution >= 4 is 16.8 Å². The van der Waals surface area contributed by atoms with Gasteiger partial charge in [0, 0.05) is 6.42 Å². The highest BCUT2D eigenvalue weighted by Gasteiger charge is 1.99. The second-order valence-corrected chi connectivity index (χ2v) is 3.49. The van der Waals surface area contributed by atoms with Gasteiger partial charge in [-0.25, -0.2) is 0 Å². The lowest BCUT2D eigenvalue weighted by Crippen LogP contribution is -2.00. The molecule has 1 rings (SSSR count). The number of benzene rings is 1. The molecular formula is C11H13ClO2. The summed E-state index contributed by atoms with van der Waals surface area (Å²) in [7, 11) is 0. The molecule has 1 aromatic carbocycles. The number of halogens is 1. The van der Waals surface area contributed by atoms with E-state index in [2.05, 4.69) is 0 Å². The van der Waals surface area contributed by atoms with Crippen LogP contribution in [0.25, 0.3) is 0 Å². The monoisotopic (exact) mass is 212 g/mol. The second kappa shape index (κ2) is 5.66. The zero-order chi connectivity index (χ0) is 10.4. The molecular weight excluding hydrogens is 200 g/mol. The van der Waals surface area contributed by atoms with Crippen molar-refractivity contribution in [3.05, 3.63) is 29.8 Å². The molecule has 0 fully saturated rings. The van der Waals surface area contributed by atoms with Crippen molar-refractivity contribution in [2.45, 2.75) is 19.8 Å². The molecule has 0 saturated carbocycles. The fourth-order valence-electron chi connectivity index (χ4n) is 1.11. The Labute approximate surface area is 88.8 Å². The van der Waals surface area contributed by atoms with Gasteiger partial charge >= 0.3 is 0 Å². The van der Waals surface area contributed by atoms with Gasteiger partial charge in [-0.05, 0) is 36.6 Å². The van der Waals surface area contributed by atoms with Crippen LogP contribution in [0.4, 0.5) is 0 Å². The summed E-state index contributed by atoms with van der Waals surface area (Å²) in [6, 6.07) is 7.79. The topological polar surface area (TPSA) is 26.3 Å². The van der Waals surface area contributed by atoms with E-state index in [1.807, 2.05) is 31.2 Å². The Balaban J connectivity index is 2.31. The lowest BCUT2D eigenvalue weighted by molar-refractivity contribution is -0.111. The molecule has 0 N–H and O–H groups in total. The molecule has 14 heavy (non-hydrogen) atoms. The first-order chi connectivity index (χ1) is 6.70. The summed E-state index contributed by atoms with van der Waals surface area (Å²) in [5.41, 5.74) is 1.10. The number of hydrogen-bond donors (Lipinski definition) is 0. The third kappa shape index (κ3) is 3.79. The fourth-order valence-corrected chi connectivity index (χ4v) is 1.25. The molecule has 1 aromatic rings. The zero-order valence-corrected chi connectivity index (χ0v) is 8.88. The van der Waals surface area contributed by atoms with E-state index in [1.165, 1.54) is 0 Å². The van der Waals surface area contributed by atoms with E-state index in [0.29, 0.717) is 19.4 Å². The Kier molecular flexibility index (Phi) is 4.47. The molecule has 0 saturated heterocycles. The van der Waals surface area contributed by atoms with Crippen LogP contribution in [0.1, 0.15) is 18.4 Å². The van der Waals surface area contributed by atoms with Crippen molar-refractivity contribution in [1.82, 2.24) is 0 Å². The van der Waals surface area contributed by atoms with Crippen LogP contribution in [-0.4, -0.2) is 11.8 Å². The highest BCUT2D eigenvalue weighted by atomic mass is 35.5. The largest absolute Gasteiger partial charge is 0.493 e. The Morgan fingerprint density at radius 1 is 1.43 bits per heavy atom. The van der Waals surface area contributed by atoms with Crippen molar-refractivity contribution in [2.75, 3.05) is 6.61 Å². The molecule has 0 amide bonds. The van der Waals surface area contributed by atoms with Gasteiger partial charge in [0.25, 0.3) is 0 Å². The molecule has 2 nitrogen and oxygen atoms in total. The highest BCUT2D eigenvalue weighted by Crippen LogP contribution is 2.16. The van der Waals surface area contributed by atoms with E-state index in [9.17, 15) is 4.79 Å². The first-order valence-corrected chi connectivity index (χ1v) is 4.94. The van der Waals surface area contributed by atoms with Crippen LogP contribution < -0.4 is 4.74 Å². The average molecular weight is 213 g/mol. The molecule has 0 spiro atoms. The van der Waals surface area contributed by atoms with Crippen LogP contribution in [0.5, 0.6) is 5.75 Å². The lowest BCUT2D eigenvalue weighted by Gasteiger charge is -2.07. The Morgan fingerprint density at radius 2 is 2.14 bits per heavy atom. The van der Waals surface area contributed by atoms with Crippen LogP contribution in [0.15, 0.2) is 24.3 Å². The van der Waals surface area contributed by atoms with Crippen LogP contribution >= 0.6 is 11.6 Å². The van der Waals surface area contributed by atoms with Gasteiger partial charge in [0.2, 0.25) is 5.24 Å². The SMILES string of the molecule is Cc1ccccc1OCCCC(=O)Cl. The normalized spacial score (nSPS) is 9.86. The summed E-state index contributed by atoms with van der Waals surface area (Å²) in [4.78, 5) is 10.4. The second-order valence-electron chi connectivity index (χ2n) is 3.07. The van der Waals surface area contributed by atoms with Crippen molar-refractivity contribution in [2.24, 2.45) is 0 Å². The van der Waals surface area contributed by atoms with Gasteiger partial charge in [-0.1, -0.05) is 18.2 Å². The summed E-state index contributed by atoms with van der Waals surface area (Å²) < 4.78 is 5.48. The molecule has 0 aliphatic carbocycles. The third-order valence-corrected chi connectivity index (χ3v) is 2.06. The molecule has 3 heteroatoms. The number of carbonyl (C=O) groups excluding carboxylic acids is 1. The summed E-state index contributed by atoms with van der Waals surface area (Å²) in [5, 5.41) is -0.307. The summed E-state index contributed by atoms with van der Waals surface area (Å²) in [6.07, 6.45) is 1.03. The number of rotatable bonds is 5. The van der Waals surface area contributed by atoms with Gasteiger partial charge in [0.05, 0.1) is 6.61 Å². The highest BCUT2D eigenvalue weighted by molar-refractivity contribution is 6.63. The molecule has 0 heterocycles. The smallest absolute Gasteiger partial charge is 0.221 e. The Morgan fingerprint density at radius 3 is 2.79 bits per heavy atom. The van der Waals surface area contributed by atoms with E-state index < -0.39 is 0 Å². The van der Waals surface area contributed by atoms with Crippen molar-refractivity contribution in [3.8, 4) is 5.75 Å². The quantitative estimate of drug-likeness (QED) is 0.554. The molecule has 0 radical (unpaired) electrons. The molecule has 76 valence electrons. The molecule has 0 bridgehead atoms. The number of ether oxygens (including phenoxy) is 1.